The van der Waals surface area contributed by atoms with Gasteiger partial charge in [-0.25, -0.2) is 9.97 Å². The third kappa shape index (κ3) is 2.13. The van der Waals surface area contributed by atoms with Gasteiger partial charge in [0.25, 0.3) is 0 Å². The first-order valence-electron chi connectivity index (χ1n) is 2.96. The Morgan fingerprint density at radius 3 is 2.45 bits per heavy atom. The van der Waals surface area contributed by atoms with E-state index >= 15 is 0 Å². The number of rotatable bonds is 1. The van der Waals surface area contributed by atoms with Crippen molar-refractivity contribution in [2.45, 2.75) is 0 Å². The zero-order valence-corrected chi connectivity index (χ0v) is 9.35. The molecule has 0 saturated heterocycles. The average molecular weight is 281 g/mol. The SMILES string of the molecule is CN(C)c1ncc(Br)nc1Br. The Morgan fingerprint density at radius 1 is 1.36 bits per heavy atom. The van der Waals surface area contributed by atoms with E-state index in [4.69, 9.17) is 0 Å². The largest absolute Gasteiger partial charge is 0.360 e. The number of halogens is 2. The van der Waals surface area contributed by atoms with Gasteiger partial charge >= 0.3 is 0 Å². The molecule has 5 heteroatoms. The van der Waals surface area contributed by atoms with Crippen molar-refractivity contribution in [3.63, 3.8) is 0 Å². The molecular weight excluding hydrogens is 274 g/mol. The Hall–Kier alpha value is -0.160. The van der Waals surface area contributed by atoms with Gasteiger partial charge in [-0.05, 0) is 31.9 Å². The van der Waals surface area contributed by atoms with Crippen molar-refractivity contribution < 1.29 is 0 Å². The molecule has 11 heavy (non-hydrogen) atoms. The normalized spacial score (nSPS) is 9.82. The van der Waals surface area contributed by atoms with E-state index in [1.54, 1.807) is 6.20 Å². The lowest BCUT2D eigenvalue weighted by atomic mass is 10.6. The van der Waals surface area contributed by atoms with E-state index in [1.165, 1.54) is 0 Å². The van der Waals surface area contributed by atoms with E-state index < -0.39 is 0 Å². The number of hydrogen-bond acceptors (Lipinski definition) is 3. The van der Waals surface area contributed by atoms with Crippen LogP contribution < -0.4 is 4.90 Å². The number of hydrogen-bond donors (Lipinski definition) is 0. The summed E-state index contributed by atoms with van der Waals surface area (Å²) in [6.07, 6.45) is 1.67. The molecule has 1 rings (SSSR count). The summed E-state index contributed by atoms with van der Waals surface area (Å²) in [5, 5.41) is 0. The summed E-state index contributed by atoms with van der Waals surface area (Å²) in [5.74, 6) is 0.827. The fourth-order valence-electron chi connectivity index (χ4n) is 0.640. The summed E-state index contributed by atoms with van der Waals surface area (Å²) in [6.45, 7) is 0. The predicted molar refractivity (Wildman–Crippen MR) is 51.8 cm³/mol. The topological polar surface area (TPSA) is 29.0 Å². The van der Waals surface area contributed by atoms with Gasteiger partial charge in [0.2, 0.25) is 0 Å². The van der Waals surface area contributed by atoms with Crippen molar-refractivity contribution in [2.24, 2.45) is 0 Å². The second-order valence-corrected chi connectivity index (χ2v) is 3.77. The van der Waals surface area contributed by atoms with Crippen molar-refractivity contribution >= 4 is 37.7 Å². The highest BCUT2D eigenvalue weighted by molar-refractivity contribution is 9.11. The van der Waals surface area contributed by atoms with Gasteiger partial charge in [-0.1, -0.05) is 0 Å². The van der Waals surface area contributed by atoms with Gasteiger partial charge < -0.3 is 4.90 Å². The summed E-state index contributed by atoms with van der Waals surface area (Å²) in [6, 6.07) is 0. The summed E-state index contributed by atoms with van der Waals surface area (Å²) < 4.78 is 1.48. The molecule has 0 amide bonds. The molecule has 1 heterocycles. The zero-order chi connectivity index (χ0) is 8.43. The van der Waals surface area contributed by atoms with E-state index in [0.29, 0.717) is 0 Å². The Balaban J connectivity index is 3.09. The van der Waals surface area contributed by atoms with Crippen LogP contribution in [-0.2, 0) is 0 Å². The smallest absolute Gasteiger partial charge is 0.161 e. The minimum Gasteiger partial charge on any atom is -0.360 e. The van der Waals surface area contributed by atoms with Crippen LogP contribution >= 0.6 is 31.9 Å². The standard InChI is InChI=1S/C6H7Br2N3/c1-11(2)6-5(8)10-4(7)3-9-6/h3H,1-2H3. The molecule has 0 aliphatic heterocycles. The van der Waals surface area contributed by atoms with Crippen LogP contribution in [0.1, 0.15) is 0 Å². The van der Waals surface area contributed by atoms with Crippen LogP contribution in [0.15, 0.2) is 15.4 Å². The van der Waals surface area contributed by atoms with E-state index in [-0.39, 0.29) is 0 Å². The maximum atomic E-state index is 4.15. The second kappa shape index (κ2) is 3.49. The van der Waals surface area contributed by atoms with Crippen molar-refractivity contribution in [1.29, 1.82) is 0 Å². The zero-order valence-electron chi connectivity index (χ0n) is 6.17. The molecular formula is C6H7Br2N3. The molecule has 0 radical (unpaired) electrons. The van der Waals surface area contributed by atoms with E-state index in [0.717, 1.165) is 15.0 Å². The second-order valence-electron chi connectivity index (χ2n) is 2.20. The number of anilines is 1. The minimum absolute atomic E-state index is 0.731. The Bertz CT molecular complexity index is 262. The molecule has 0 N–H and O–H groups in total. The maximum Gasteiger partial charge on any atom is 0.161 e. The number of nitrogens with zero attached hydrogens (tertiary/aromatic N) is 3. The molecule has 0 saturated carbocycles. The van der Waals surface area contributed by atoms with Crippen LogP contribution in [0.4, 0.5) is 5.82 Å². The van der Waals surface area contributed by atoms with Crippen molar-refractivity contribution in [3.8, 4) is 0 Å². The molecule has 0 bridgehead atoms. The fourth-order valence-corrected chi connectivity index (χ4v) is 1.81. The molecule has 0 aromatic carbocycles. The van der Waals surface area contributed by atoms with Crippen LogP contribution in [0.3, 0.4) is 0 Å². The summed E-state index contributed by atoms with van der Waals surface area (Å²) in [4.78, 5) is 10.2. The van der Waals surface area contributed by atoms with Crippen LogP contribution in [-0.4, -0.2) is 24.1 Å². The number of aromatic nitrogens is 2. The highest BCUT2D eigenvalue weighted by Gasteiger charge is 2.04. The van der Waals surface area contributed by atoms with Gasteiger partial charge in [-0.3, -0.25) is 0 Å². The average Bonchev–Trinajstić information content (AvgIpc) is 1.85. The van der Waals surface area contributed by atoms with Crippen molar-refractivity contribution in [1.82, 2.24) is 9.97 Å². The lowest BCUT2D eigenvalue weighted by Gasteiger charge is -2.11. The third-order valence-corrected chi connectivity index (χ3v) is 2.02. The first kappa shape index (κ1) is 8.93. The van der Waals surface area contributed by atoms with Crippen LogP contribution in [0, 0.1) is 0 Å². The molecule has 60 valence electrons. The Morgan fingerprint density at radius 2 is 2.00 bits per heavy atom. The molecule has 1 aromatic heterocycles. The molecule has 0 atom stereocenters. The quantitative estimate of drug-likeness (QED) is 0.789. The van der Waals surface area contributed by atoms with Crippen LogP contribution in [0.5, 0.6) is 0 Å². The van der Waals surface area contributed by atoms with Gasteiger partial charge in [0.05, 0.1) is 6.20 Å². The van der Waals surface area contributed by atoms with E-state index in [9.17, 15) is 0 Å². The molecule has 0 aliphatic rings. The minimum atomic E-state index is 0.731. The van der Waals surface area contributed by atoms with E-state index in [1.807, 2.05) is 19.0 Å². The van der Waals surface area contributed by atoms with Gasteiger partial charge in [0.1, 0.15) is 9.21 Å². The maximum absolute atomic E-state index is 4.15. The Kier molecular flexibility index (Phi) is 2.84. The summed E-state index contributed by atoms with van der Waals surface area (Å²) in [5.41, 5.74) is 0. The van der Waals surface area contributed by atoms with Gasteiger partial charge in [-0.15, -0.1) is 0 Å². The molecule has 0 spiro atoms. The third-order valence-electron chi connectivity index (χ3n) is 1.11. The monoisotopic (exact) mass is 279 g/mol. The molecule has 3 nitrogen and oxygen atoms in total. The first-order chi connectivity index (χ1) is 5.11. The fraction of sp³-hybridized carbons (Fsp3) is 0.333. The molecule has 0 unspecified atom stereocenters. The van der Waals surface area contributed by atoms with Gasteiger partial charge in [-0.2, -0.15) is 0 Å². The first-order valence-corrected chi connectivity index (χ1v) is 4.55. The summed E-state index contributed by atoms with van der Waals surface area (Å²) in [7, 11) is 3.84. The predicted octanol–water partition coefficient (Wildman–Crippen LogP) is 2.07. The molecule has 0 fully saturated rings. The van der Waals surface area contributed by atoms with E-state index in [2.05, 4.69) is 41.8 Å². The highest BCUT2D eigenvalue weighted by Crippen LogP contribution is 2.20. The van der Waals surface area contributed by atoms with Crippen LogP contribution in [0.2, 0.25) is 0 Å². The molecule has 0 aliphatic carbocycles. The summed E-state index contributed by atoms with van der Waals surface area (Å²) >= 11 is 6.53. The van der Waals surface area contributed by atoms with Gasteiger partial charge in [0.15, 0.2) is 5.82 Å². The van der Waals surface area contributed by atoms with Crippen molar-refractivity contribution in [3.05, 3.63) is 15.4 Å². The lowest BCUT2D eigenvalue weighted by molar-refractivity contribution is 1.01. The van der Waals surface area contributed by atoms with Gasteiger partial charge in [0, 0.05) is 14.1 Å². The molecule has 1 aromatic rings. The lowest BCUT2D eigenvalue weighted by Crippen LogP contribution is -2.11. The van der Waals surface area contributed by atoms with Crippen LogP contribution in [0.25, 0.3) is 0 Å². The highest BCUT2D eigenvalue weighted by atomic mass is 79.9. The van der Waals surface area contributed by atoms with Crippen molar-refractivity contribution in [2.75, 3.05) is 19.0 Å². The Labute approximate surface area is 82.1 Å².